The van der Waals surface area contributed by atoms with E-state index in [0.717, 1.165) is 23.4 Å². The zero-order valence-corrected chi connectivity index (χ0v) is 10.5. The van der Waals surface area contributed by atoms with Crippen LogP contribution in [-0.4, -0.2) is 11.0 Å². The third-order valence-electron chi connectivity index (χ3n) is 2.75. The lowest BCUT2D eigenvalue weighted by molar-refractivity contribution is 0.466. The Morgan fingerprint density at radius 1 is 1.29 bits per heavy atom. The summed E-state index contributed by atoms with van der Waals surface area (Å²) in [6.07, 6.45) is 5.43. The predicted octanol–water partition coefficient (Wildman–Crippen LogP) is 3.15. The van der Waals surface area contributed by atoms with Crippen LogP contribution in [0.5, 0.6) is 0 Å². The molecule has 0 aliphatic rings. The molecule has 1 N–H and O–H groups in total. The van der Waals surface area contributed by atoms with Crippen LogP contribution in [0.1, 0.15) is 25.2 Å². The molecule has 0 fully saturated rings. The predicted molar refractivity (Wildman–Crippen MR) is 68.7 cm³/mol. The van der Waals surface area contributed by atoms with Crippen molar-refractivity contribution in [2.24, 2.45) is 0 Å². The van der Waals surface area contributed by atoms with E-state index in [1.54, 1.807) is 6.26 Å². The first-order valence-electron chi connectivity index (χ1n) is 5.89. The number of aromatic nitrogens is 1. The van der Waals surface area contributed by atoms with E-state index in [1.165, 1.54) is 5.56 Å². The maximum atomic E-state index is 5.53. The van der Waals surface area contributed by atoms with Crippen LogP contribution < -0.4 is 5.32 Å². The number of aryl methyl sites for hydroxylation is 1. The quantitative estimate of drug-likeness (QED) is 0.876. The van der Waals surface area contributed by atoms with Gasteiger partial charge in [-0.1, -0.05) is 13.8 Å². The molecule has 0 bridgehead atoms. The Morgan fingerprint density at radius 2 is 2.12 bits per heavy atom. The lowest BCUT2D eigenvalue weighted by atomic mass is 10.0. The van der Waals surface area contributed by atoms with E-state index < -0.39 is 0 Å². The number of hydrogen-bond donors (Lipinski definition) is 1. The third-order valence-corrected chi connectivity index (χ3v) is 2.75. The van der Waals surface area contributed by atoms with Gasteiger partial charge in [0.15, 0.2) is 0 Å². The molecule has 3 nitrogen and oxygen atoms in total. The average molecular weight is 230 g/mol. The van der Waals surface area contributed by atoms with Gasteiger partial charge >= 0.3 is 0 Å². The van der Waals surface area contributed by atoms with Crippen LogP contribution in [-0.2, 0) is 6.54 Å². The standard InChI is InChI=1S/C14H18N2O/c1-10(2)16-9-14-12(5-7-17-14)13-8-15-6-4-11(13)3/h4-8,10,16H,9H2,1-3H3. The van der Waals surface area contributed by atoms with Crippen molar-refractivity contribution in [3.05, 3.63) is 42.1 Å². The largest absolute Gasteiger partial charge is 0.467 e. The first-order valence-corrected chi connectivity index (χ1v) is 5.89. The number of pyridine rings is 1. The molecule has 0 aliphatic carbocycles. The van der Waals surface area contributed by atoms with Gasteiger partial charge < -0.3 is 9.73 Å². The summed E-state index contributed by atoms with van der Waals surface area (Å²) in [7, 11) is 0. The maximum Gasteiger partial charge on any atom is 0.125 e. The Balaban J connectivity index is 2.28. The first-order chi connectivity index (χ1) is 8.18. The SMILES string of the molecule is Cc1ccncc1-c1ccoc1CNC(C)C. The van der Waals surface area contributed by atoms with Gasteiger partial charge in [0.05, 0.1) is 12.8 Å². The monoisotopic (exact) mass is 230 g/mol. The minimum Gasteiger partial charge on any atom is -0.467 e. The minimum atomic E-state index is 0.447. The first kappa shape index (κ1) is 11.9. The van der Waals surface area contributed by atoms with Crippen molar-refractivity contribution in [1.82, 2.24) is 10.3 Å². The highest BCUT2D eigenvalue weighted by molar-refractivity contribution is 5.67. The van der Waals surface area contributed by atoms with Crippen LogP contribution in [0, 0.1) is 6.92 Å². The Hall–Kier alpha value is -1.61. The molecule has 0 spiro atoms. The number of hydrogen-bond acceptors (Lipinski definition) is 3. The van der Waals surface area contributed by atoms with E-state index in [0.29, 0.717) is 6.04 Å². The summed E-state index contributed by atoms with van der Waals surface area (Å²) < 4.78 is 5.53. The zero-order valence-electron chi connectivity index (χ0n) is 10.5. The molecule has 3 heteroatoms. The smallest absolute Gasteiger partial charge is 0.125 e. The van der Waals surface area contributed by atoms with Crippen LogP contribution in [0.4, 0.5) is 0 Å². The van der Waals surface area contributed by atoms with Crippen molar-refractivity contribution in [2.45, 2.75) is 33.4 Å². The van der Waals surface area contributed by atoms with Gasteiger partial charge in [-0.2, -0.15) is 0 Å². The Morgan fingerprint density at radius 3 is 2.82 bits per heavy atom. The van der Waals surface area contributed by atoms with E-state index >= 15 is 0 Å². The Bertz CT molecular complexity index is 488. The van der Waals surface area contributed by atoms with Crippen molar-refractivity contribution in [3.8, 4) is 11.1 Å². The zero-order chi connectivity index (χ0) is 12.3. The lowest BCUT2D eigenvalue weighted by Crippen LogP contribution is -2.21. The second-order valence-corrected chi connectivity index (χ2v) is 4.48. The molecular formula is C14H18N2O. The highest BCUT2D eigenvalue weighted by atomic mass is 16.3. The molecule has 2 aromatic rings. The molecule has 90 valence electrons. The summed E-state index contributed by atoms with van der Waals surface area (Å²) in [5.41, 5.74) is 3.48. The van der Waals surface area contributed by atoms with Gasteiger partial charge in [0.25, 0.3) is 0 Å². The van der Waals surface area contributed by atoms with Crippen molar-refractivity contribution < 1.29 is 4.42 Å². The molecule has 0 aliphatic heterocycles. The molecule has 0 saturated heterocycles. The summed E-state index contributed by atoms with van der Waals surface area (Å²) in [5.74, 6) is 0.967. The van der Waals surface area contributed by atoms with Crippen LogP contribution >= 0.6 is 0 Å². The highest BCUT2D eigenvalue weighted by Crippen LogP contribution is 2.26. The summed E-state index contributed by atoms with van der Waals surface area (Å²) in [5, 5.41) is 3.36. The van der Waals surface area contributed by atoms with E-state index in [9.17, 15) is 0 Å². The fraction of sp³-hybridized carbons (Fsp3) is 0.357. The molecule has 2 heterocycles. The Labute approximate surface area is 102 Å². The second kappa shape index (κ2) is 5.15. The van der Waals surface area contributed by atoms with Gasteiger partial charge in [-0.15, -0.1) is 0 Å². The topological polar surface area (TPSA) is 38.1 Å². The van der Waals surface area contributed by atoms with Crippen molar-refractivity contribution in [3.63, 3.8) is 0 Å². The Kier molecular flexibility index (Phi) is 3.59. The number of furan rings is 1. The van der Waals surface area contributed by atoms with E-state index in [2.05, 4.69) is 31.1 Å². The van der Waals surface area contributed by atoms with Gasteiger partial charge in [-0.05, 0) is 24.6 Å². The highest BCUT2D eigenvalue weighted by Gasteiger charge is 2.10. The molecule has 0 amide bonds. The van der Waals surface area contributed by atoms with Crippen molar-refractivity contribution in [2.75, 3.05) is 0 Å². The van der Waals surface area contributed by atoms with Crippen molar-refractivity contribution in [1.29, 1.82) is 0 Å². The molecule has 2 rings (SSSR count). The normalized spacial score (nSPS) is 11.1. The number of rotatable bonds is 4. The van der Waals surface area contributed by atoms with E-state index in [1.807, 2.05) is 24.5 Å². The summed E-state index contributed by atoms with van der Waals surface area (Å²) in [6, 6.07) is 4.46. The fourth-order valence-corrected chi connectivity index (χ4v) is 1.76. The summed E-state index contributed by atoms with van der Waals surface area (Å²) in [6.45, 7) is 7.08. The maximum absolute atomic E-state index is 5.53. The number of nitrogens with one attached hydrogen (secondary N) is 1. The minimum absolute atomic E-state index is 0.447. The lowest BCUT2D eigenvalue weighted by Gasteiger charge is -2.09. The van der Waals surface area contributed by atoms with E-state index in [-0.39, 0.29) is 0 Å². The van der Waals surface area contributed by atoms with Crippen LogP contribution in [0.2, 0.25) is 0 Å². The second-order valence-electron chi connectivity index (χ2n) is 4.48. The molecule has 0 saturated carbocycles. The van der Waals surface area contributed by atoms with Gasteiger partial charge in [0.2, 0.25) is 0 Å². The van der Waals surface area contributed by atoms with Gasteiger partial charge in [-0.25, -0.2) is 0 Å². The number of nitrogens with zero attached hydrogens (tertiary/aromatic N) is 1. The molecule has 0 atom stereocenters. The molecular weight excluding hydrogens is 212 g/mol. The van der Waals surface area contributed by atoms with Crippen molar-refractivity contribution >= 4 is 0 Å². The third kappa shape index (κ3) is 2.74. The van der Waals surface area contributed by atoms with Crippen LogP contribution in [0.15, 0.2) is 35.2 Å². The average Bonchev–Trinajstić information content (AvgIpc) is 2.75. The van der Waals surface area contributed by atoms with Gasteiger partial charge in [-0.3, -0.25) is 4.98 Å². The molecule has 0 radical (unpaired) electrons. The molecule has 0 aromatic carbocycles. The summed E-state index contributed by atoms with van der Waals surface area (Å²) >= 11 is 0. The summed E-state index contributed by atoms with van der Waals surface area (Å²) in [4.78, 5) is 4.18. The van der Waals surface area contributed by atoms with Crippen LogP contribution in [0.3, 0.4) is 0 Å². The molecule has 0 unspecified atom stereocenters. The van der Waals surface area contributed by atoms with Gasteiger partial charge in [0, 0.05) is 29.6 Å². The van der Waals surface area contributed by atoms with Gasteiger partial charge in [0.1, 0.15) is 5.76 Å². The molecule has 17 heavy (non-hydrogen) atoms. The van der Waals surface area contributed by atoms with E-state index in [4.69, 9.17) is 4.42 Å². The van der Waals surface area contributed by atoms with Crippen LogP contribution in [0.25, 0.3) is 11.1 Å². The molecule has 2 aromatic heterocycles. The fourth-order valence-electron chi connectivity index (χ4n) is 1.76.